The molecule has 0 amide bonds. The Hall–Kier alpha value is -2.94. The summed E-state index contributed by atoms with van der Waals surface area (Å²) >= 11 is 0. The number of para-hydroxylation sites is 2. The van der Waals surface area contributed by atoms with Gasteiger partial charge in [-0.05, 0) is 29.7 Å². The first-order chi connectivity index (χ1) is 10.4. The molecule has 0 atom stereocenters. The van der Waals surface area contributed by atoms with Crippen LogP contribution in [0.4, 0.5) is 0 Å². The highest BCUT2D eigenvalue weighted by Crippen LogP contribution is 2.30. The maximum atomic E-state index is 5.89. The summed E-state index contributed by atoms with van der Waals surface area (Å²) in [6.45, 7) is 0. The Morgan fingerprint density at radius 3 is 2.38 bits per heavy atom. The number of rotatable bonds is 2. The highest BCUT2D eigenvalue weighted by molar-refractivity contribution is 6.06. The summed E-state index contributed by atoms with van der Waals surface area (Å²) in [5.41, 5.74) is 0.974. The Balaban J connectivity index is 1.92. The molecule has 0 fully saturated rings. The van der Waals surface area contributed by atoms with E-state index in [0.29, 0.717) is 5.88 Å². The lowest BCUT2D eigenvalue weighted by molar-refractivity contribution is 0.469. The molecule has 100 valence electrons. The minimum absolute atomic E-state index is 0.581. The summed E-state index contributed by atoms with van der Waals surface area (Å²) in [7, 11) is 0. The number of hydrogen-bond donors (Lipinski definition) is 0. The predicted octanol–water partition coefficient (Wildman–Crippen LogP) is 4.58. The van der Waals surface area contributed by atoms with E-state index in [2.05, 4.69) is 16.0 Å². The number of benzene rings is 2. The molecule has 0 aliphatic rings. The van der Waals surface area contributed by atoms with Gasteiger partial charge in [-0.25, -0.2) is 4.98 Å². The van der Waals surface area contributed by atoms with Gasteiger partial charge in [0.05, 0.1) is 10.9 Å². The summed E-state index contributed by atoms with van der Waals surface area (Å²) in [6, 6.07) is 19.7. The summed E-state index contributed by atoms with van der Waals surface area (Å²) in [5, 5.41) is 3.12. The Bertz CT molecular complexity index is 920. The Labute approximate surface area is 121 Å². The van der Waals surface area contributed by atoms with Gasteiger partial charge < -0.3 is 4.74 Å². The maximum Gasteiger partial charge on any atom is 0.228 e. The van der Waals surface area contributed by atoms with E-state index in [1.165, 1.54) is 0 Å². The molecule has 4 aromatic rings. The van der Waals surface area contributed by atoms with E-state index in [9.17, 15) is 0 Å². The van der Waals surface area contributed by atoms with Crippen LogP contribution in [0.5, 0.6) is 11.6 Å². The maximum absolute atomic E-state index is 5.89. The fourth-order valence-electron chi connectivity index (χ4n) is 2.44. The normalized spacial score (nSPS) is 10.9. The molecule has 0 saturated heterocycles. The standard InChI is InChI=1S/C18H12N2O/c1-2-6-13(7-3-1)21-18-16-12-20-17-9-5-4-8-15(17)14(16)10-11-19-18/h1-12H. The summed E-state index contributed by atoms with van der Waals surface area (Å²) in [6.07, 6.45) is 3.59. The third kappa shape index (κ3) is 2.09. The molecule has 0 aliphatic carbocycles. The molecule has 0 radical (unpaired) electrons. The van der Waals surface area contributed by atoms with Crippen molar-refractivity contribution in [2.24, 2.45) is 0 Å². The minimum Gasteiger partial charge on any atom is -0.438 e. The van der Waals surface area contributed by atoms with Crippen LogP contribution in [0.15, 0.2) is 73.1 Å². The van der Waals surface area contributed by atoms with Crippen LogP contribution in [-0.4, -0.2) is 9.97 Å². The SMILES string of the molecule is c1ccc(Oc2nccc3c2cnc2ccccc23)cc1. The summed E-state index contributed by atoms with van der Waals surface area (Å²) in [4.78, 5) is 8.84. The van der Waals surface area contributed by atoms with Gasteiger partial charge in [0.25, 0.3) is 0 Å². The lowest BCUT2D eigenvalue weighted by atomic mass is 10.1. The number of pyridine rings is 2. The van der Waals surface area contributed by atoms with Crippen molar-refractivity contribution in [3.8, 4) is 11.6 Å². The van der Waals surface area contributed by atoms with Gasteiger partial charge in [0.15, 0.2) is 0 Å². The molecule has 3 nitrogen and oxygen atoms in total. The Morgan fingerprint density at radius 2 is 1.48 bits per heavy atom. The van der Waals surface area contributed by atoms with Crippen molar-refractivity contribution in [3.63, 3.8) is 0 Å². The van der Waals surface area contributed by atoms with Crippen LogP contribution in [0.1, 0.15) is 0 Å². The van der Waals surface area contributed by atoms with Crippen LogP contribution in [0.3, 0.4) is 0 Å². The smallest absolute Gasteiger partial charge is 0.228 e. The zero-order valence-electron chi connectivity index (χ0n) is 11.2. The van der Waals surface area contributed by atoms with Crippen LogP contribution in [-0.2, 0) is 0 Å². The topological polar surface area (TPSA) is 35.0 Å². The monoisotopic (exact) mass is 272 g/mol. The highest BCUT2D eigenvalue weighted by Gasteiger charge is 2.08. The van der Waals surface area contributed by atoms with Crippen molar-refractivity contribution in [3.05, 3.63) is 73.1 Å². The molecule has 3 heteroatoms. The number of fused-ring (bicyclic) bond motifs is 3. The van der Waals surface area contributed by atoms with Gasteiger partial charge in [0.1, 0.15) is 5.75 Å². The first kappa shape index (κ1) is 11.9. The zero-order chi connectivity index (χ0) is 14.1. The van der Waals surface area contributed by atoms with E-state index in [-0.39, 0.29) is 0 Å². The summed E-state index contributed by atoms with van der Waals surface area (Å²) in [5.74, 6) is 1.35. The largest absolute Gasteiger partial charge is 0.438 e. The first-order valence-corrected chi connectivity index (χ1v) is 6.77. The number of aromatic nitrogens is 2. The molecule has 0 spiro atoms. The molecule has 0 aliphatic heterocycles. The molecule has 21 heavy (non-hydrogen) atoms. The third-order valence-electron chi connectivity index (χ3n) is 3.44. The molecule has 2 aromatic carbocycles. The van der Waals surface area contributed by atoms with Crippen molar-refractivity contribution in [1.82, 2.24) is 9.97 Å². The molecule has 2 aromatic heterocycles. The Kier molecular flexibility index (Phi) is 2.75. The van der Waals surface area contributed by atoms with Crippen molar-refractivity contribution >= 4 is 21.7 Å². The van der Waals surface area contributed by atoms with E-state index in [4.69, 9.17) is 4.74 Å². The van der Waals surface area contributed by atoms with Crippen LogP contribution >= 0.6 is 0 Å². The van der Waals surface area contributed by atoms with Gasteiger partial charge in [0, 0.05) is 17.8 Å². The second kappa shape index (κ2) is 4.87. The number of nitrogens with zero attached hydrogens (tertiary/aromatic N) is 2. The summed E-state index contributed by atoms with van der Waals surface area (Å²) < 4.78 is 5.89. The molecular weight excluding hydrogens is 260 g/mol. The molecule has 0 saturated carbocycles. The van der Waals surface area contributed by atoms with E-state index < -0.39 is 0 Å². The fraction of sp³-hybridized carbons (Fsp3) is 0. The van der Waals surface area contributed by atoms with E-state index >= 15 is 0 Å². The lowest BCUT2D eigenvalue weighted by Gasteiger charge is -2.08. The van der Waals surface area contributed by atoms with Crippen LogP contribution in [0.2, 0.25) is 0 Å². The van der Waals surface area contributed by atoms with Crippen molar-refractivity contribution in [1.29, 1.82) is 0 Å². The van der Waals surface area contributed by atoms with E-state index in [1.54, 1.807) is 6.20 Å². The molecule has 0 N–H and O–H groups in total. The van der Waals surface area contributed by atoms with Gasteiger partial charge >= 0.3 is 0 Å². The van der Waals surface area contributed by atoms with Crippen LogP contribution in [0, 0.1) is 0 Å². The van der Waals surface area contributed by atoms with Crippen molar-refractivity contribution in [2.45, 2.75) is 0 Å². The zero-order valence-corrected chi connectivity index (χ0v) is 11.2. The number of hydrogen-bond acceptors (Lipinski definition) is 3. The molecule has 4 rings (SSSR count). The molecule has 0 bridgehead atoms. The average Bonchev–Trinajstić information content (AvgIpc) is 2.56. The Morgan fingerprint density at radius 1 is 0.667 bits per heavy atom. The van der Waals surface area contributed by atoms with E-state index in [1.807, 2.05) is 60.8 Å². The molecule has 0 unspecified atom stereocenters. The van der Waals surface area contributed by atoms with Gasteiger partial charge in [-0.2, -0.15) is 0 Å². The number of ether oxygens (including phenoxy) is 1. The van der Waals surface area contributed by atoms with Gasteiger partial charge in [-0.15, -0.1) is 0 Å². The molecule has 2 heterocycles. The second-order valence-electron chi connectivity index (χ2n) is 4.77. The second-order valence-corrected chi connectivity index (χ2v) is 4.77. The fourth-order valence-corrected chi connectivity index (χ4v) is 2.44. The first-order valence-electron chi connectivity index (χ1n) is 6.77. The van der Waals surface area contributed by atoms with Gasteiger partial charge in [-0.1, -0.05) is 36.4 Å². The predicted molar refractivity (Wildman–Crippen MR) is 83.6 cm³/mol. The lowest BCUT2D eigenvalue weighted by Crippen LogP contribution is -1.90. The highest BCUT2D eigenvalue weighted by atomic mass is 16.5. The quantitative estimate of drug-likeness (QED) is 0.501. The van der Waals surface area contributed by atoms with Gasteiger partial charge in [0.2, 0.25) is 5.88 Å². The van der Waals surface area contributed by atoms with E-state index in [0.717, 1.165) is 27.4 Å². The van der Waals surface area contributed by atoms with Crippen molar-refractivity contribution < 1.29 is 4.74 Å². The van der Waals surface area contributed by atoms with Crippen molar-refractivity contribution in [2.75, 3.05) is 0 Å². The average molecular weight is 272 g/mol. The van der Waals surface area contributed by atoms with Crippen LogP contribution in [0.25, 0.3) is 21.7 Å². The van der Waals surface area contributed by atoms with Crippen LogP contribution < -0.4 is 4.74 Å². The third-order valence-corrected chi connectivity index (χ3v) is 3.44. The minimum atomic E-state index is 0.581. The molecular formula is C18H12N2O. The van der Waals surface area contributed by atoms with Gasteiger partial charge in [-0.3, -0.25) is 4.98 Å².